The predicted molar refractivity (Wildman–Crippen MR) is 167 cm³/mol. The number of aryl methyl sites for hydroxylation is 1. The fourth-order valence-corrected chi connectivity index (χ4v) is 5.90. The van der Waals surface area contributed by atoms with Crippen molar-refractivity contribution in [1.82, 2.24) is 29.3 Å². The quantitative estimate of drug-likeness (QED) is 0.296. The zero-order valence-corrected chi connectivity index (χ0v) is 24.4. The second kappa shape index (κ2) is 10.5. The molecule has 0 bridgehead atoms. The number of aromatic nitrogens is 6. The largest absolute Gasteiger partial charge is 0.389 e. The van der Waals surface area contributed by atoms with E-state index in [9.17, 15) is 9.90 Å². The first-order valence-electron chi connectivity index (χ1n) is 14.4. The normalized spacial score (nSPS) is 15.9. The van der Waals surface area contributed by atoms with Crippen LogP contribution in [0.1, 0.15) is 25.5 Å². The summed E-state index contributed by atoms with van der Waals surface area (Å²) in [7, 11) is 1.77. The van der Waals surface area contributed by atoms with Gasteiger partial charge in [0.15, 0.2) is 5.82 Å². The lowest BCUT2D eigenvalue weighted by Gasteiger charge is -2.37. The van der Waals surface area contributed by atoms with E-state index in [0.29, 0.717) is 37.6 Å². The van der Waals surface area contributed by atoms with Gasteiger partial charge in [-0.2, -0.15) is 5.10 Å². The minimum Gasteiger partial charge on any atom is -0.389 e. The average molecular weight is 576 g/mol. The average Bonchev–Trinajstić information content (AvgIpc) is 3.68. The van der Waals surface area contributed by atoms with Gasteiger partial charge in [-0.15, -0.1) is 0 Å². The molecule has 10 nitrogen and oxygen atoms in total. The number of nitrogens with one attached hydrogen (secondary N) is 1. The van der Waals surface area contributed by atoms with Crippen LogP contribution in [0.2, 0.25) is 0 Å². The number of morpholine rings is 1. The molecule has 2 aromatic carbocycles. The molecule has 1 unspecified atom stereocenters. The zero-order valence-electron chi connectivity index (χ0n) is 24.4. The number of aromatic amines is 1. The number of ether oxygens (including phenoxy) is 1. The van der Waals surface area contributed by atoms with Gasteiger partial charge in [0.1, 0.15) is 11.3 Å². The summed E-state index contributed by atoms with van der Waals surface area (Å²) in [5, 5.41) is 16.6. The van der Waals surface area contributed by atoms with E-state index < -0.39 is 5.60 Å². The first kappa shape index (κ1) is 27.1. The molecule has 1 fully saturated rings. The van der Waals surface area contributed by atoms with Gasteiger partial charge in [-0.1, -0.05) is 36.4 Å². The Labute approximate surface area is 248 Å². The lowest BCUT2D eigenvalue weighted by Crippen LogP contribution is -2.40. The van der Waals surface area contributed by atoms with Crippen LogP contribution < -0.4 is 10.5 Å². The van der Waals surface area contributed by atoms with Crippen LogP contribution in [0, 0.1) is 0 Å². The van der Waals surface area contributed by atoms with Crippen LogP contribution in [0.3, 0.4) is 0 Å². The highest BCUT2D eigenvalue weighted by Gasteiger charge is 2.28. The third-order valence-electron chi connectivity index (χ3n) is 7.91. The smallest absolute Gasteiger partial charge is 0.274 e. The summed E-state index contributed by atoms with van der Waals surface area (Å²) in [4.78, 5) is 28.3. The maximum absolute atomic E-state index is 12.7. The summed E-state index contributed by atoms with van der Waals surface area (Å²) in [5.74, 6) is 1.37. The molecule has 0 amide bonds. The number of hydrogen-bond donors (Lipinski definition) is 2. The number of fused-ring (bicyclic) bond motifs is 2. The van der Waals surface area contributed by atoms with E-state index in [1.54, 1.807) is 42.5 Å². The molecule has 218 valence electrons. The Hall–Kier alpha value is -4.80. The van der Waals surface area contributed by atoms with Crippen molar-refractivity contribution in [2.24, 2.45) is 7.05 Å². The summed E-state index contributed by atoms with van der Waals surface area (Å²) in [5.41, 5.74) is 4.24. The summed E-state index contributed by atoms with van der Waals surface area (Å²) in [6, 6.07) is 18.4. The molecule has 1 saturated heterocycles. The van der Waals surface area contributed by atoms with Gasteiger partial charge in [-0.3, -0.25) is 9.48 Å². The zero-order chi connectivity index (χ0) is 29.7. The van der Waals surface area contributed by atoms with Crippen LogP contribution in [0.4, 0.5) is 5.82 Å². The summed E-state index contributed by atoms with van der Waals surface area (Å²) in [6.07, 6.45) is 7.30. The number of rotatable bonds is 6. The van der Waals surface area contributed by atoms with Crippen molar-refractivity contribution in [2.45, 2.75) is 32.0 Å². The topological polar surface area (TPSA) is 114 Å². The van der Waals surface area contributed by atoms with Gasteiger partial charge in [0.05, 0.1) is 48.7 Å². The van der Waals surface area contributed by atoms with Crippen molar-refractivity contribution >= 4 is 27.6 Å². The summed E-state index contributed by atoms with van der Waals surface area (Å²) >= 11 is 0. The van der Waals surface area contributed by atoms with Crippen molar-refractivity contribution in [2.75, 3.05) is 24.7 Å². The molecular formula is C33H33N7O3. The third-order valence-corrected chi connectivity index (χ3v) is 7.91. The van der Waals surface area contributed by atoms with Gasteiger partial charge in [0.2, 0.25) is 0 Å². The molecular weight excluding hydrogens is 542 g/mol. The Morgan fingerprint density at radius 1 is 1.05 bits per heavy atom. The number of nitrogens with zero attached hydrogens (tertiary/aromatic N) is 6. The van der Waals surface area contributed by atoms with Crippen LogP contribution in [0.25, 0.3) is 44.3 Å². The van der Waals surface area contributed by atoms with E-state index in [0.717, 1.165) is 44.4 Å². The van der Waals surface area contributed by atoms with Crippen LogP contribution in [0.5, 0.6) is 0 Å². The van der Waals surface area contributed by atoms with Gasteiger partial charge < -0.3 is 24.3 Å². The van der Waals surface area contributed by atoms with E-state index in [-0.39, 0.29) is 11.6 Å². The van der Waals surface area contributed by atoms with Gasteiger partial charge in [0.25, 0.3) is 5.56 Å². The molecule has 2 N–H and O–H groups in total. The van der Waals surface area contributed by atoms with Crippen LogP contribution in [0.15, 0.2) is 84.2 Å². The van der Waals surface area contributed by atoms with Crippen molar-refractivity contribution in [1.29, 1.82) is 0 Å². The fourth-order valence-electron chi connectivity index (χ4n) is 5.90. The predicted octanol–water partition coefficient (Wildman–Crippen LogP) is 4.69. The standard InChI is InChI=1S/C33H33N7O3/c1-33(2,42)20-39-17-23(16-35-39)30-36-27-10-9-22(26-18-38(3)32(41)29-24(26)11-12-34-29)15-25(27)31(37-30)40-13-14-43-19-28(40)21-7-5-4-6-8-21/h4-12,15-18,28,34,42H,13-14,19-20H2,1-3H3. The van der Waals surface area contributed by atoms with Crippen molar-refractivity contribution in [3.63, 3.8) is 0 Å². The van der Waals surface area contributed by atoms with E-state index in [2.05, 4.69) is 33.2 Å². The van der Waals surface area contributed by atoms with E-state index in [4.69, 9.17) is 14.7 Å². The second-order valence-electron chi connectivity index (χ2n) is 11.8. The number of aliphatic hydroxyl groups is 1. The number of benzene rings is 2. The molecule has 6 aromatic rings. The Balaban J connectivity index is 1.42. The van der Waals surface area contributed by atoms with E-state index >= 15 is 0 Å². The van der Waals surface area contributed by atoms with E-state index in [1.165, 1.54) is 0 Å². The summed E-state index contributed by atoms with van der Waals surface area (Å²) in [6.45, 7) is 5.64. The highest BCUT2D eigenvalue weighted by Crippen LogP contribution is 2.37. The third kappa shape index (κ3) is 5.09. The Morgan fingerprint density at radius 2 is 1.88 bits per heavy atom. The second-order valence-corrected chi connectivity index (χ2v) is 11.8. The highest BCUT2D eigenvalue weighted by molar-refractivity contribution is 5.99. The maximum Gasteiger partial charge on any atom is 0.274 e. The Morgan fingerprint density at radius 3 is 2.70 bits per heavy atom. The maximum atomic E-state index is 12.7. The lowest BCUT2D eigenvalue weighted by molar-refractivity contribution is 0.0577. The number of anilines is 1. The molecule has 0 saturated carbocycles. The Kier molecular flexibility index (Phi) is 6.60. The minimum absolute atomic E-state index is 0.0311. The molecule has 5 heterocycles. The first-order chi connectivity index (χ1) is 20.7. The fraction of sp³-hybridized carbons (Fsp3) is 0.273. The molecule has 1 aliphatic rings. The number of hydrogen-bond acceptors (Lipinski definition) is 7. The molecule has 10 heteroatoms. The molecule has 0 aliphatic carbocycles. The monoisotopic (exact) mass is 575 g/mol. The number of pyridine rings is 1. The van der Waals surface area contributed by atoms with Gasteiger partial charge in [-0.05, 0) is 43.2 Å². The van der Waals surface area contributed by atoms with Crippen molar-refractivity contribution in [3.05, 3.63) is 95.3 Å². The van der Waals surface area contributed by atoms with E-state index in [1.807, 2.05) is 48.8 Å². The SMILES string of the molecule is Cn1cc(-c2ccc3nc(-c4cnn(CC(C)(C)O)c4)nc(N4CCOCC4c4ccccc4)c3c2)c2cc[nH]c2c1=O. The highest BCUT2D eigenvalue weighted by atomic mass is 16.5. The van der Waals surface area contributed by atoms with Gasteiger partial charge in [-0.25, -0.2) is 9.97 Å². The summed E-state index contributed by atoms with van der Waals surface area (Å²) < 4.78 is 9.29. The van der Waals surface area contributed by atoms with Gasteiger partial charge >= 0.3 is 0 Å². The van der Waals surface area contributed by atoms with Crippen molar-refractivity contribution in [3.8, 4) is 22.5 Å². The van der Waals surface area contributed by atoms with Crippen LogP contribution in [-0.4, -0.2) is 59.8 Å². The van der Waals surface area contributed by atoms with Crippen molar-refractivity contribution < 1.29 is 9.84 Å². The van der Waals surface area contributed by atoms with Crippen LogP contribution >= 0.6 is 0 Å². The molecule has 0 spiro atoms. The first-order valence-corrected chi connectivity index (χ1v) is 14.4. The molecule has 4 aromatic heterocycles. The minimum atomic E-state index is -0.905. The number of H-pyrrole nitrogens is 1. The molecule has 7 rings (SSSR count). The molecule has 1 aliphatic heterocycles. The Bertz CT molecular complexity index is 2000. The molecule has 0 radical (unpaired) electrons. The molecule has 1 atom stereocenters. The molecule has 43 heavy (non-hydrogen) atoms. The van der Waals surface area contributed by atoms with Crippen LogP contribution in [-0.2, 0) is 18.3 Å². The van der Waals surface area contributed by atoms with Gasteiger partial charge in [0, 0.05) is 48.5 Å². The lowest BCUT2D eigenvalue weighted by atomic mass is 10.0.